The molecule has 1 saturated heterocycles. The quantitative estimate of drug-likeness (QED) is 0.899. The normalized spacial score (nSPS) is 17.1. The van der Waals surface area contributed by atoms with Gasteiger partial charge in [0.2, 0.25) is 0 Å². The number of carbonyl (C=O) groups excluding carboxylic acids is 1. The Morgan fingerprint density at radius 3 is 3.00 bits per heavy atom. The number of nitrogens with two attached hydrogens (primary N) is 1. The number of piperidine rings is 1. The standard InChI is InChI=1S/C18H19N5O/c19-10-13-11-21-8-7-16(13)22-14-4-3-9-23(12-14)17-6-2-1-5-15(17)18(20)24/h1-2,5-8,11,14H,3-4,9,12H2,(H2,20,24)(H,21,22). The molecule has 0 spiro atoms. The largest absolute Gasteiger partial charge is 0.379 e. The molecule has 6 nitrogen and oxygen atoms in total. The van der Waals surface area contributed by atoms with Gasteiger partial charge in [0.1, 0.15) is 6.07 Å². The van der Waals surface area contributed by atoms with Crippen LogP contribution in [-0.2, 0) is 0 Å². The smallest absolute Gasteiger partial charge is 0.250 e. The van der Waals surface area contributed by atoms with Gasteiger partial charge in [-0.25, -0.2) is 0 Å². The summed E-state index contributed by atoms with van der Waals surface area (Å²) in [5, 5.41) is 12.6. The molecule has 6 heteroatoms. The number of hydrogen-bond acceptors (Lipinski definition) is 5. The molecule has 0 bridgehead atoms. The van der Waals surface area contributed by atoms with Gasteiger partial charge in [-0.1, -0.05) is 12.1 Å². The van der Waals surface area contributed by atoms with Gasteiger partial charge in [-0.2, -0.15) is 5.26 Å². The fourth-order valence-electron chi connectivity index (χ4n) is 3.10. The molecule has 1 aliphatic heterocycles. The monoisotopic (exact) mass is 321 g/mol. The summed E-state index contributed by atoms with van der Waals surface area (Å²) in [5.74, 6) is -0.415. The number of nitrogens with one attached hydrogen (secondary N) is 1. The van der Waals surface area contributed by atoms with Gasteiger partial charge in [0, 0.05) is 37.2 Å². The zero-order valence-corrected chi connectivity index (χ0v) is 13.3. The van der Waals surface area contributed by atoms with Crippen LogP contribution in [0.1, 0.15) is 28.8 Å². The van der Waals surface area contributed by atoms with Crippen molar-refractivity contribution in [2.75, 3.05) is 23.3 Å². The van der Waals surface area contributed by atoms with E-state index in [9.17, 15) is 10.1 Å². The molecule has 1 aromatic heterocycles. The van der Waals surface area contributed by atoms with Crippen molar-refractivity contribution >= 4 is 17.3 Å². The first kappa shape index (κ1) is 15.8. The number of amides is 1. The molecule has 1 atom stereocenters. The molecule has 1 amide bonds. The molecule has 3 N–H and O–H groups in total. The van der Waals surface area contributed by atoms with Gasteiger partial charge < -0.3 is 16.0 Å². The number of nitrogens with zero attached hydrogens (tertiary/aromatic N) is 3. The van der Waals surface area contributed by atoms with Crippen LogP contribution in [0.4, 0.5) is 11.4 Å². The third-order valence-corrected chi connectivity index (χ3v) is 4.23. The molecule has 3 rings (SSSR count). The number of pyridine rings is 1. The lowest BCUT2D eigenvalue weighted by Crippen LogP contribution is -2.43. The van der Waals surface area contributed by atoms with Crippen molar-refractivity contribution in [3.8, 4) is 6.07 Å². The molecule has 1 fully saturated rings. The second-order valence-electron chi connectivity index (χ2n) is 5.84. The first-order chi connectivity index (χ1) is 11.7. The van der Waals surface area contributed by atoms with E-state index in [1.807, 2.05) is 24.3 Å². The summed E-state index contributed by atoms with van der Waals surface area (Å²) in [7, 11) is 0. The Hall–Kier alpha value is -3.07. The summed E-state index contributed by atoms with van der Waals surface area (Å²) in [6.45, 7) is 1.63. The van der Waals surface area contributed by atoms with E-state index in [1.165, 1.54) is 0 Å². The molecular formula is C18H19N5O. The summed E-state index contributed by atoms with van der Waals surface area (Å²) in [5.41, 5.74) is 8.23. The highest BCUT2D eigenvalue weighted by atomic mass is 16.1. The predicted molar refractivity (Wildman–Crippen MR) is 92.8 cm³/mol. The van der Waals surface area contributed by atoms with Crippen LogP contribution in [0.15, 0.2) is 42.7 Å². The number of rotatable bonds is 4. The number of para-hydroxylation sites is 1. The second-order valence-corrected chi connectivity index (χ2v) is 5.84. The van der Waals surface area contributed by atoms with Gasteiger partial charge in [-0.15, -0.1) is 0 Å². The van der Waals surface area contributed by atoms with Gasteiger partial charge in [0.15, 0.2) is 0 Å². The highest BCUT2D eigenvalue weighted by Crippen LogP contribution is 2.25. The van der Waals surface area contributed by atoms with Gasteiger partial charge in [-0.3, -0.25) is 9.78 Å². The van der Waals surface area contributed by atoms with Gasteiger partial charge in [-0.05, 0) is 31.0 Å². The Bertz CT molecular complexity index is 783. The zero-order valence-electron chi connectivity index (χ0n) is 13.3. The Morgan fingerprint density at radius 1 is 1.38 bits per heavy atom. The maximum Gasteiger partial charge on any atom is 0.250 e. The lowest BCUT2D eigenvalue weighted by atomic mass is 10.0. The Balaban J connectivity index is 1.78. The number of hydrogen-bond donors (Lipinski definition) is 2. The van der Waals surface area contributed by atoms with E-state index >= 15 is 0 Å². The van der Waals surface area contributed by atoms with Crippen molar-refractivity contribution in [3.05, 3.63) is 53.9 Å². The summed E-state index contributed by atoms with van der Waals surface area (Å²) in [6.07, 6.45) is 5.23. The Morgan fingerprint density at radius 2 is 2.21 bits per heavy atom. The highest BCUT2D eigenvalue weighted by molar-refractivity contribution is 5.98. The second kappa shape index (κ2) is 7.01. The highest BCUT2D eigenvalue weighted by Gasteiger charge is 2.23. The molecular weight excluding hydrogens is 302 g/mol. The molecule has 0 aliphatic carbocycles. The van der Waals surface area contributed by atoms with E-state index in [-0.39, 0.29) is 6.04 Å². The van der Waals surface area contributed by atoms with Crippen molar-refractivity contribution in [1.82, 2.24) is 4.98 Å². The van der Waals surface area contributed by atoms with Crippen LogP contribution in [0, 0.1) is 11.3 Å². The maximum absolute atomic E-state index is 11.7. The van der Waals surface area contributed by atoms with Crippen LogP contribution in [0.5, 0.6) is 0 Å². The van der Waals surface area contributed by atoms with Crippen molar-refractivity contribution < 1.29 is 4.79 Å². The SMILES string of the molecule is N#Cc1cnccc1NC1CCCN(c2ccccc2C(N)=O)C1. The van der Waals surface area contributed by atoms with Crippen molar-refractivity contribution in [2.24, 2.45) is 5.73 Å². The summed E-state index contributed by atoms with van der Waals surface area (Å²) < 4.78 is 0. The van der Waals surface area contributed by atoms with Gasteiger partial charge >= 0.3 is 0 Å². The number of nitriles is 1. The van der Waals surface area contributed by atoms with E-state index in [4.69, 9.17) is 5.73 Å². The maximum atomic E-state index is 11.7. The number of anilines is 2. The number of benzene rings is 1. The minimum absolute atomic E-state index is 0.189. The molecule has 2 aromatic rings. The summed E-state index contributed by atoms with van der Waals surface area (Å²) in [6, 6.07) is 11.6. The molecule has 24 heavy (non-hydrogen) atoms. The summed E-state index contributed by atoms with van der Waals surface area (Å²) >= 11 is 0. The summed E-state index contributed by atoms with van der Waals surface area (Å²) in [4.78, 5) is 17.8. The zero-order chi connectivity index (χ0) is 16.9. The number of aromatic nitrogens is 1. The molecule has 1 aliphatic rings. The van der Waals surface area contributed by atoms with Crippen LogP contribution >= 0.6 is 0 Å². The van der Waals surface area contributed by atoms with E-state index in [0.717, 1.165) is 37.3 Å². The van der Waals surface area contributed by atoms with Crippen LogP contribution in [0.3, 0.4) is 0 Å². The third kappa shape index (κ3) is 3.30. The molecule has 122 valence electrons. The van der Waals surface area contributed by atoms with Crippen LogP contribution in [0.25, 0.3) is 0 Å². The fraction of sp³-hybridized carbons (Fsp3) is 0.278. The molecule has 1 unspecified atom stereocenters. The predicted octanol–water partition coefficient (Wildman–Crippen LogP) is 2.13. The first-order valence-electron chi connectivity index (χ1n) is 7.93. The van der Waals surface area contributed by atoms with Crippen molar-refractivity contribution in [3.63, 3.8) is 0 Å². The average Bonchev–Trinajstić information content (AvgIpc) is 2.62. The molecule has 2 heterocycles. The van der Waals surface area contributed by atoms with Crippen LogP contribution < -0.4 is 16.0 Å². The van der Waals surface area contributed by atoms with Gasteiger partial charge in [0.25, 0.3) is 5.91 Å². The van der Waals surface area contributed by atoms with Crippen molar-refractivity contribution in [2.45, 2.75) is 18.9 Å². The lowest BCUT2D eigenvalue weighted by Gasteiger charge is -2.36. The minimum atomic E-state index is -0.415. The topological polar surface area (TPSA) is 95.0 Å². The van der Waals surface area contributed by atoms with E-state index in [0.29, 0.717) is 11.1 Å². The average molecular weight is 321 g/mol. The first-order valence-corrected chi connectivity index (χ1v) is 7.93. The third-order valence-electron chi connectivity index (χ3n) is 4.23. The van der Waals surface area contributed by atoms with E-state index < -0.39 is 5.91 Å². The molecule has 0 saturated carbocycles. The van der Waals surface area contributed by atoms with Gasteiger partial charge in [0.05, 0.1) is 16.8 Å². The molecule has 1 aromatic carbocycles. The Kier molecular flexibility index (Phi) is 4.62. The van der Waals surface area contributed by atoms with Crippen LogP contribution in [-0.4, -0.2) is 30.0 Å². The minimum Gasteiger partial charge on any atom is -0.379 e. The van der Waals surface area contributed by atoms with Crippen molar-refractivity contribution in [1.29, 1.82) is 5.26 Å². The Labute approximate surface area is 140 Å². The lowest BCUT2D eigenvalue weighted by molar-refractivity contribution is 0.100. The molecule has 0 radical (unpaired) electrons. The fourth-order valence-corrected chi connectivity index (χ4v) is 3.10. The number of primary amides is 1. The van der Waals surface area contributed by atoms with Crippen LogP contribution in [0.2, 0.25) is 0 Å². The van der Waals surface area contributed by atoms with E-state index in [2.05, 4.69) is 21.3 Å². The number of carbonyl (C=O) groups is 1. The van der Waals surface area contributed by atoms with E-state index in [1.54, 1.807) is 18.5 Å².